The van der Waals surface area contributed by atoms with Gasteiger partial charge in [0.05, 0.1) is 6.10 Å². The van der Waals surface area contributed by atoms with Crippen LogP contribution in [0.5, 0.6) is 0 Å². The summed E-state index contributed by atoms with van der Waals surface area (Å²) < 4.78 is 5.25. The summed E-state index contributed by atoms with van der Waals surface area (Å²) in [5.41, 5.74) is 5.57. The van der Waals surface area contributed by atoms with E-state index < -0.39 is 0 Å². The maximum Gasteiger partial charge on any atom is 0.0820 e. The van der Waals surface area contributed by atoms with Gasteiger partial charge in [0.25, 0.3) is 0 Å². The number of nitrogens with two attached hydrogens (primary N) is 1. The first-order valence-corrected chi connectivity index (χ1v) is 5.09. The molecule has 1 unspecified atom stereocenters. The second-order valence-electron chi connectivity index (χ2n) is 3.84. The van der Waals surface area contributed by atoms with E-state index in [4.69, 9.17) is 10.5 Å². The number of hydrogen-bond acceptors (Lipinski definition) is 3. The lowest BCUT2D eigenvalue weighted by Crippen LogP contribution is -2.39. The van der Waals surface area contributed by atoms with Crippen LogP contribution in [0.1, 0.15) is 20.8 Å². The lowest BCUT2D eigenvalue weighted by Gasteiger charge is -2.26. The monoisotopic (exact) mass is 188 g/mol. The fourth-order valence-electron chi connectivity index (χ4n) is 1.38. The Morgan fingerprint density at radius 1 is 1.31 bits per heavy atom. The first kappa shape index (κ1) is 12.9. The van der Waals surface area contributed by atoms with Crippen LogP contribution in [0.4, 0.5) is 0 Å². The number of ether oxygens (including phenoxy) is 1. The van der Waals surface area contributed by atoms with Gasteiger partial charge < -0.3 is 15.4 Å². The van der Waals surface area contributed by atoms with E-state index >= 15 is 0 Å². The van der Waals surface area contributed by atoms with Gasteiger partial charge in [-0.2, -0.15) is 0 Å². The Morgan fingerprint density at radius 2 is 1.92 bits per heavy atom. The normalized spacial score (nSPS) is 14.1. The predicted molar refractivity (Wildman–Crippen MR) is 56.8 cm³/mol. The summed E-state index contributed by atoms with van der Waals surface area (Å²) in [6.07, 6.45) is 0.179. The Kier molecular flexibility index (Phi) is 7.23. The average Bonchev–Trinajstić information content (AvgIpc) is 2.11. The molecule has 0 aromatic rings. The molecule has 13 heavy (non-hydrogen) atoms. The zero-order chi connectivity index (χ0) is 10.3. The van der Waals surface area contributed by atoms with Crippen molar-refractivity contribution in [2.45, 2.75) is 26.9 Å². The van der Waals surface area contributed by atoms with E-state index in [1.165, 1.54) is 0 Å². The SMILES string of the molecule is CCN(CC(C)C)CC(CN)OC. The van der Waals surface area contributed by atoms with Crippen LogP contribution in [0.25, 0.3) is 0 Å². The minimum absolute atomic E-state index is 0.179. The summed E-state index contributed by atoms with van der Waals surface area (Å²) in [7, 11) is 1.72. The molecule has 0 aromatic heterocycles. The van der Waals surface area contributed by atoms with Crippen LogP contribution in [0.2, 0.25) is 0 Å². The Morgan fingerprint density at radius 3 is 2.23 bits per heavy atom. The topological polar surface area (TPSA) is 38.5 Å². The van der Waals surface area contributed by atoms with Gasteiger partial charge in [-0.3, -0.25) is 0 Å². The molecule has 0 fully saturated rings. The Hall–Kier alpha value is -0.120. The molecule has 1 atom stereocenters. The van der Waals surface area contributed by atoms with Gasteiger partial charge in [-0.15, -0.1) is 0 Å². The molecule has 0 heterocycles. The van der Waals surface area contributed by atoms with Crippen molar-refractivity contribution in [1.29, 1.82) is 0 Å². The zero-order valence-corrected chi connectivity index (χ0v) is 9.42. The standard InChI is InChI=1S/C10H24N2O/c1-5-12(7-9(2)3)8-10(6-11)13-4/h9-10H,5-8,11H2,1-4H3. The molecule has 0 saturated carbocycles. The van der Waals surface area contributed by atoms with Crippen LogP contribution in [-0.4, -0.2) is 44.3 Å². The van der Waals surface area contributed by atoms with E-state index in [-0.39, 0.29) is 6.10 Å². The molecular formula is C10H24N2O. The van der Waals surface area contributed by atoms with Gasteiger partial charge in [-0.05, 0) is 12.5 Å². The highest BCUT2D eigenvalue weighted by Gasteiger charge is 2.11. The molecule has 0 aliphatic heterocycles. The molecule has 3 nitrogen and oxygen atoms in total. The van der Waals surface area contributed by atoms with Crippen molar-refractivity contribution in [2.75, 3.05) is 33.3 Å². The van der Waals surface area contributed by atoms with Crippen LogP contribution < -0.4 is 5.73 Å². The highest BCUT2D eigenvalue weighted by molar-refractivity contribution is 4.66. The molecular weight excluding hydrogens is 164 g/mol. The Balaban J connectivity index is 3.80. The molecule has 0 bridgehead atoms. The van der Waals surface area contributed by atoms with E-state index in [9.17, 15) is 0 Å². The molecule has 2 N–H and O–H groups in total. The summed E-state index contributed by atoms with van der Waals surface area (Å²) in [4.78, 5) is 2.38. The number of hydrogen-bond donors (Lipinski definition) is 1. The van der Waals surface area contributed by atoms with Crippen molar-refractivity contribution in [3.05, 3.63) is 0 Å². The van der Waals surface area contributed by atoms with Crippen molar-refractivity contribution in [1.82, 2.24) is 4.90 Å². The number of methoxy groups -OCH3 is 1. The van der Waals surface area contributed by atoms with Gasteiger partial charge in [0.1, 0.15) is 0 Å². The van der Waals surface area contributed by atoms with Crippen molar-refractivity contribution in [3.8, 4) is 0 Å². The maximum atomic E-state index is 5.57. The summed E-state index contributed by atoms with van der Waals surface area (Å²) in [6, 6.07) is 0. The molecule has 0 amide bonds. The summed E-state index contributed by atoms with van der Waals surface area (Å²) >= 11 is 0. The molecule has 0 aromatic carbocycles. The third-order valence-corrected chi connectivity index (χ3v) is 2.13. The largest absolute Gasteiger partial charge is 0.379 e. The van der Waals surface area contributed by atoms with Gasteiger partial charge >= 0.3 is 0 Å². The first-order chi connectivity index (χ1) is 6.13. The van der Waals surface area contributed by atoms with Crippen LogP contribution in [0, 0.1) is 5.92 Å². The van der Waals surface area contributed by atoms with Gasteiger partial charge in [-0.1, -0.05) is 20.8 Å². The number of rotatable bonds is 7. The highest BCUT2D eigenvalue weighted by atomic mass is 16.5. The van der Waals surface area contributed by atoms with Crippen molar-refractivity contribution < 1.29 is 4.74 Å². The lowest BCUT2D eigenvalue weighted by molar-refractivity contribution is 0.0678. The Bertz CT molecular complexity index is 113. The summed E-state index contributed by atoms with van der Waals surface area (Å²) in [5.74, 6) is 0.704. The molecule has 0 spiro atoms. The second kappa shape index (κ2) is 7.30. The lowest BCUT2D eigenvalue weighted by atomic mass is 10.2. The summed E-state index contributed by atoms with van der Waals surface area (Å²) in [5, 5.41) is 0. The molecule has 3 heteroatoms. The smallest absolute Gasteiger partial charge is 0.0820 e. The Labute approximate surface area is 82.2 Å². The third-order valence-electron chi connectivity index (χ3n) is 2.13. The van der Waals surface area contributed by atoms with E-state index in [2.05, 4.69) is 25.7 Å². The van der Waals surface area contributed by atoms with Crippen LogP contribution in [-0.2, 0) is 4.74 Å². The minimum Gasteiger partial charge on any atom is -0.379 e. The molecule has 0 rings (SSSR count). The maximum absolute atomic E-state index is 5.57. The van der Waals surface area contributed by atoms with E-state index in [1.807, 2.05) is 0 Å². The van der Waals surface area contributed by atoms with Crippen molar-refractivity contribution in [3.63, 3.8) is 0 Å². The molecule has 0 saturated heterocycles. The zero-order valence-electron chi connectivity index (χ0n) is 9.42. The number of likely N-dealkylation sites (N-methyl/N-ethyl adjacent to an activating group) is 1. The van der Waals surface area contributed by atoms with Gasteiger partial charge in [0, 0.05) is 26.7 Å². The van der Waals surface area contributed by atoms with Gasteiger partial charge in [-0.25, -0.2) is 0 Å². The van der Waals surface area contributed by atoms with Crippen LogP contribution in [0.3, 0.4) is 0 Å². The molecule has 0 aliphatic rings. The van der Waals surface area contributed by atoms with E-state index in [0.29, 0.717) is 12.5 Å². The fraction of sp³-hybridized carbons (Fsp3) is 1.00. The first-order valence-electron chi connectivity index (χ1n) is 5.09. The minimum atomic E-state index is 0.179. The van der Waals surface area contributed by atoms with Crippen LogP contribution in [0.15, 0.2) is 0 Å². The quantitative estimate of drug-likeness (QED) is 0.646. The third kappa shape index (κ3) is 6.02. The van der Waals surface area contributed by atoms with Crippen molar-refractivity contribution >= 4 is 0 Å². The molecule has 0 radical (unpaired) electrons. The van der Waals surface area contributed by atoms with E-state index in [1.54, 1.807) is 7.11 Å². The highest BCUT2D eigenvalue weighted by Crippen LogP contribution is 2.00. The summed E-state index contributed by atoms with van der Waals surface area (Å²) in [6.45, 7) is 10.4. The van der Waals surface area contributed by atoms with Gasteiger partial charge in [0.2, 0.25) is 0 Å². The van der Waals surface area contributed by atoms with Crippen LogP contribution >= 0.6 is 0 Å². The van der Waals surface area contributed by atoms with Crippen molar-refractivity contribution in [2.24, 2.45) is 11.7 Å². The predicted octanol–water partition coefficient (Wildman–Crippen LogP) is 0.938. The average molecular weight is 188 g/mol. The van der Waals surface area contributed by atoms with E-state index in [0.717, 1.165) is 19.6 Å². The second-order valence-corrected chi connectivity index (χ2v) is 3.84. The fourth-order valence-corrected chi connectivity index (χ4v) is 1.38. The van der Waals surface area contributed by atoms with Gasteiger partial charge in [0.15, 0.2) is 0 Å². The molecule has 80 valence electrons. The number of nitrogens with zero attached hydrogens (tertiary/aromatic N) is 1. The molecule has 0 aliphatic carbocycles.